The van der Waals surface area contributed by atoms with Crippen molar-refractivity contribution in [2.24, 2.45) is 0 Å². The number of Topliss-reactive ketones (excluding diaryl/α,β-unsaturated/α-hetero) is 1. The number of benzene rings is 1. The molecule has 0 unspecified atom stereocenters. The molecule has 8 nitrogen and oxygen atoms in total. The van der Waals surface area contributed by atoms with Crippen molar-refractivity contribution in [1.82, 2.24) is 9.80 Å². The third kappa shape index (κ3) is 5.11. The summed E-state index contributed by atoms with van der Waals surface area (Å²) in [5.74, 6) is 1.45. The summed E-state index contributed by atoms with van der Waals surface area (Å²) in [5.41, 5.74) is 0.658. The van der Waals surface area contributed by atoms with Crippen LogP contribution in [0, 0.1) is 0 Å². The van der Waals surface area contributed by atoms with E-state index in [4.69, 9.17) is 13.9 Å². The van der Waals surface area contributed by atoms with Crippen LogP contribution in [0.5, 0.6) is 11.5 Å². The molecule has 2 heterocycles. The summed E-state index contributed by atoms with van der Waals surface area (Å²) in [7, 11) is 3.12. The number of rotatable bonds is 8. The molecule has 2 aromatic rings. The Morgan fingerprint density at radius 2 is 1.68 bits per heavy atom. The maximum absolute atomic E-state index is 12.3. The lowest BCUT2D eigenvalue weighted by Crippen LogP contribution is -2.49. The average molecular weight is 387 g/mol. The van der Waals surface area contributed by atoms with Gasteiger partial charge in [-0.15, -0.1) is 0 Å². The van der Waals surface area contributed by atoms with Crippen molar-refractivity contribution in [3.05, 3.63) is 42.4 Å². The second kappa shape index (κ2) is 9.38. The molecule has 1 saturated heterocycles. The van der Waals surface area contributed by atoms with Gasteiger partial charge in [0.05, 0.1) is 33.6 Å². The molecule has 0 atom stereocenters. The van der Waals surface area contributed by atoms with Gasteiger partial charge in [-0.3, -0.25) is 19.4 Å². The summed E-state index contributed by atoms with van der Waals surface area (Å²) in [4.78, 5) is 28.6. The predicted molar refractivity (Wildman–Crippen MR) is 104 cm³/mol. The normalized spacial score (nSPS) is 15.2. The molecule has 0 saturated carbocycles. The molecule has 1 aliphatic heterocycles. The fourth-order valence-corrected chi connectivity index (χ4v) is 3.14. The van der Waals surface area contributed by atoms with Gasteiger partial charge in [0, 0.05) is 37.9 Å². The minimum absolute atomic E-state index is 0.0235. The van der Waals surface area contributed by atoms with Crippen molar-refractivity contribution in [3.63, 3.8) is 0 Å². The quantitative estimate of drug-likeness (QED) is 0.691. The Morgan fingerprint density at radius 1 is 1.00 bits per heavy atom. The van der Waals surface area contributed by atoms with Crippen molar-refractivity contribution >= 4 is 17.4 Å². The maximum atomic E-state index is 12.3. The Labute approximate surface area is 164 Å². The number of methoxy groups -OCH3 is 2. The number of piperazine rings is 1. The molecule has 0 bridgehead atoms. The molecule has 1 aromatic heterocycles. The smallest absolute Gasteiger partial charge is 0.238 e. The van der Waals surface area contributed by atoms with E-state index in [2.05, 4.69) is 15.1 Å². The molecule has 0 spiro atoms. The molecule has 0 aliphatic carbocycles. The van der Waals surface area contributed by atoms with E-state index in [1.54, 1.807) is 44.6 Å². The summed E-state index contributed by atoms with van der Waals surface area (Å²) >= 11 is 0. The molecule has 1 amide bonds. The Kier molecular flexibility index (Phi) is 6.67. The number of nitrogens with zero attached hydrogens (tertiary/aromatic N) is 2. The fourth-order valence-electron chi connectivity index (χ4n) is 3.14. The molecule has 1 N–H and O–H groups in total. The Hall–Kier alpha value is -2.84. The summed E-state index contributed by atoms with van der Waals surface area (Å²) in [5, 5.41) is 2.88. The van der Waals surface area contributed by atoms with Gasteiger partial charge in [-0.05, 0) is 24.3 Å². The van der Waals surface area contributed by atoms with Gasteiger partial charge in [0.25, 0.3) is 0 Å². The number of ketones is 1. The van der Waals surface area contributed by atoms with Crippen molar-refractivity contribution in [1.29, 1.82) is 0 Å². The highest BCUT2D eigenvalue weighted by Crippen LogP contribution is 2.29. The lowest BCUT2D eigenvalue weighted by atomic mass is 10.2. The highest BCUT2D eigenvalue weighted by molar-refractivity contribution is 5.95. The first kappa shape index (κ1) is 19.9. The largest absolute Gasteiger partial charge is 0.493 e. The molecule has 3 rings (SSSR count). The van der Waals surface area contributed by atoms with E-state index in [1.807, 2.05) is 0 Å². The minimum Gasteiger partial charge on any atom is -0.493 e. The van der Waals surface area contributed by atoms with E-state index >= 15 is 0 Å². The molecule has 8 heteroatoms. The highest BCUT2D eigenvalue weighted by Gasteiger charge is 2.22. The van der Waals surface area contributed by atoms with Crippen LogP contribution in [0.15, 0.2) is 41.0 Å². The molecule has 1 aliphatic rings. The monoisotopic (exact) mass is 387 g/mol. The van der Waals surface area contributed by atoms with Gasteiger partial charge in [0.1, 0.15) is 0 Å². The SMILES string of the molecule is COc1ccc(NC(=O)CN2CCN(CC(=O)c3ccco3)CC2)cc1OC. The van der Waals surface area contributed by atoms with E-state index in [0.717, 1.165) is 26.2 Å². The third-order valence-corrected chi connectivity index (χ3v) is 4.66. The van der Waals surface area contributed by atoms with Crippen LogP contribution in [-0.4, -0.2) is 75.0 Å². The van der Waals surface area contributed by atoms with E-state index in [9.17, 15) is 9.59 Å². The van der Waals surface area contributed by atoms with Gasteiger partial charge in [-0.25, -0.2) is 0 Å². The first-order valence-corrected chi connectivity index (χ1v) is 9.12. The zero-order valence-electron chi connectivity index (χ0n) is 16.1. The molecule has 150 valence electrons. The zero-order chi connectivity index (χ0) is 19.9. The topological polar surface area (TPSA) is 84.3 Å². The first-order valence-electron chi connectivity index (χ1n) is 9.12. The van der Waals surface area contributed by atoms with E-state index < -0.39 is 0 Å². The molecular weight excluding hydrogens is 362 g/mol. The minimum atomic E-state index is -0.0904. The summed E-state index contributed by atoms with van der Waals surface area (Å²) in [6.07, 6.45) is 1.50. The number of nitrogens with one attached hydrogen (secondary N) is 1. The summed E-state index contributed by atoms with van der Waals surface area (Å²) in [6.45, 7) is 3.55. The molecule has 28 heavy (non-hydrogen) atoms. The van der Waals surface area contributed by atoms with Crippen LogP contribution in [0.4, 0.5) is 5.69 Å². The van der Waals surface area contributed by atoms with E-state index in [-0.39, 0.29) is 11.7 Å². The average Bonchev–Trinajstić information content (AvgIpc) is 3.24. The lowest BCUT2D eigenvalue weighted by molar-refractivity contribution is -0.117. The molecular formula is C20H25N3O5. The summed E-state index contributed by atoms with van der Waals surface area (Å²) < 4.78 is 15.6. The standard InChI is InChI=1S/C20H25N3O5/c1-26-18-6-5-15(12-19(18)27-2)21-20(25)14-23-9-7-22(8-10-23)13-16(24)17-4-3-11-28-17/h3-6,11-12H,7-10,13-14H2,1-2H3,(H,21,25). The number of carbonyl (C=O) groups excluding carboxylic acids is 2. The van der Waals surface area contributed by atoms with Crippen molar-refractivity contribution in [2.45, 2.75) is 0 Å². The van der Waals surface area contributed by atoms with Gasteiger partial charge in [0.15, 0.2) is 17.3 Å². The van der Waals surface area contributed by atoms with Crippen molar-refractivity contribution < 1.29 is 23.5 Å². The first-order chi connectivity index (χ1) is 13.6. The van der Waals surface area contributed by atoms with Crippen LogP contribution in [-0.2, 0) is 4.79 Å². The van der Waals surface area contributed by atoms with Crippen LogP contribution in [0.25, 0.3) is 0 Å². The van der Waals surface area contributed by atoms with Gasteiger partial charge in [-0.2, -0.15) is 0 Å². The second-order valence-corrected chi connectivity index (χ2v) is 6.57. The lowest BCUT2D eigenvalue weighted by Gasteiger charge is -2.33. The Bertz CT molecular complexity index is 798. The Morgan fingerprint density at radius 3 is 2.29 bits per heavy atom. The number of amides is 1. The number of hydrogen-bond acceptors (Lipinski definition) is 7. The number of anilines is 1. The van der Waals surface area contributed by atoms with Gasteiger partial charge in [-0.1, -0.05) is 0 Å². The van der Waals surface area contributed by atoms with Crippen molar-refractivity contribution in [2.75, 3.05) is 58.8 Å². The fraction of sp³-hybridized carbons (Fsp3) is 0.400. The van der Waals surface area contributed by atoms with Gasteiger partial charge in [0.2, 0.25) is 11.7 Å². The Balaban J connectivity index is 1.44. The van der Waals surface area contributed by atoms with Crippen LogP contribution in [0.1, 0.15) is 10.6 Å². The van der Waals surface area contributed by atoms with Crippen molar-refractivity contribution in [3.8, 4) is 11.5 Å². The van der Waals surface area contributed by atoms with Gasteiger partial charge < -0.3 is 19.2 Å². The van der Waals surface area contributed by atoms with Crippen LogP contribution < -0.4 is 14.8 Å². The maximum Gasteiger partial charge on any atom is 0.238 e. The predicted octanol–water partition coefficient (Wildman–Crippen LogP) is 1.74. The molecule has 1 fully saturated rings. The second-order valence-electron chi connectivity index (χ2n) is 6.57. The van der Waals surface area contributed by atoms with Crippen LogP contribution in [0.2, 0.25) is 0 Å². The zero-order valence-corrected chi connectivity index (χ0v) is 16.1. The number of ether oxygens (including phenoxy) is 2. The molecule has 0 radical (unpaired) electrons. The number of furan rings is 1. The van der Waals surface area contributed by atoms with Crippen LogP contribution in [0.3, 0.4) is 0 Å². The van der Waals surface area contributed by atoms with E-state index in [1.165, 1.54) is 6.26 Å². The van der Waals surface area contributed by atoms with Crippen LogP contribution >= 0.6 is 0 Å². The molecule has 1 aromatic carbocycles. The summed E-state index contributed by atoms with van der Waals surface area (Å²) in [6, 6.07) is 8.65. The number of hydrogen-bond donors (Lipinski definition) is 1. The van der Waals surface area contributed by atoms with E-state index in [0.29, 0.717) is 36.0 Å². The van der Waals surface area contributed by atoms with Gasteiger partial charge >= 0.3 is 0 Å². The third-order valence-electron chi connectivity index (χ3n) is 4.66. The number of carbonyl (C=O) groups is 2. The highest BCUT2D eigenvalue weighted by atomic mass is 16.5.